The molecule has 2 aromatic carbocycles. The minimum atomic E-state index is 0.282. The van der Waals surface area contributed by atoms with Gasteiger partial charge in [-0.1, -0.05) is 24.4 Å². The zero-order chi connectivity index (χ0) is 13.8. The Kier molecular flexibility index (Phi) is 4.39. The fourth-order valence-electron chi connectivity index (χ4n) is 1.56. The van der Waals surface area contributed by atoms with Gasteiger partial charge in [0, 0.05) is 6.07 Å². The molecule has 0 aromatic heterocycles. The molecule has 0 radical (unpaired) electrons. The summed E-state index contributed by atoms with van der Waals surface area (Å²) in [6.07, 6.45) is 0. The third-order valence-corrected chi connectivity index (χ3v) is 3.39. The number of hydrogen-bond donors (Lipinski definition) is 1. The fourth-order valence-corrected chi connectivity index (χ4v) is 2.10. The molecule has 0 amide bonds. The van der Waals surface area contributed by atoms with Crippen LogP contribution >= 0.6 is 28.1 Å². The first-order valence-electron chi connectivity index (χ1n) is 5.52. The van der Waals surface area contributed by atoms with Crippen LogP contribution in [0, 0.1) is 0 Å². The first kappa shape index (κ1) is 13.8. The van der Waals surface area contributed by atoms with Gasteiger partial charge in [0.15, 0.2) is 0 Å². The van der Waals surface area contributed by atoms with E-state index in [1.54, 1.807) is 25.3 Å². The lowest BCUT2D eigenvalue weighted by Crippen LogP contribution is -2.10. The van der Waals surface area contributed by atoms with Crippen molar-refractivity contribution in [2.75, 3.05) is 7.11 Å². The maximum Gasteiger partial charge on any atom is 0.141 e. The van der Waals surface area contributed by atoms with Crippen molar-refractivity contribution in [2.24, 2.45) is 5.73 Å². The van der Waals surface area contributed by atoms with Gasteiger partial charge in [-0.25, -0.2) is 0 Å². The van der Waals surface area contributed by atoms with E-state index < -0.39 is 0 Å². The summed E-state index contributed by atoms with van der Waals surface area (Å²) < 4.78 is 11.9. The normalized spacial score (nSPS) is 10.0. The molecule has 0 fully saturated rings. The highest BCUT2D eigenvalue weighted by molar-refractivity contribution is 9.10. The lowest BCUT2D eigenvalue weighted by atomic mass is 10.2. The molecular formula is C14H12BrNO2S. The molecule has 3 nitrogen and oxygen atoms in total. The summed E-state index contributed by atoms with van der Waals surface area (Å²) in [7, 11) is 1.60. The molecule has 0 atom stereocenters. The van der Waals surface area contributed by atoms with Crippen molar-refractivity contribution in [1.29, 1.82) is 0 Å². The van der Waals surface area contributed by atoms with Crippen LogP contribution in [0.2, 0.25) is 0 Å². The smallest absolute Gasteiger partial charge is 0.141 e. The quantitative estimate of drug-likeness (QED) is 0.859. The van der Waals surface area contributed by atoms with Crippen molar-refractivity contribution >= 4 is 33.1 Å². The number of para-hydroxylation sites is 1. The Balaban J connectivity index is 2.43. The Bertz CT molecular complexity index is 616. The molecule has 2 aromatic rings. The van der Waals surface area contributed by atoms with E-state index in [1.807, 2.05) is 24.3 Å². The second-order valence-electron chi connectivity index (χ2n) is 3.76. The molecule has 0 aliphatic carbocycles. The van der Waals surface area contributed by atoms with Gasteiger partial charge in [-0.15, -0.1) is 0 Å². The molecule has 19 heavy (non-hydrogen) atoms. The van der Waals surface area contributed by atoms with Crippen molar-refractivity contribution < 1.29 is 9.47 Å². The van der Waals surface area contributed by atoms with Crippen LogP contribution in [0.4, 0.5) is 0 Å². The van der Waals surface area contributed by atoms with Crippen molar-refractivity contribution in [3.63, 3.8) is 0 Å². The summed E-state index contributed by atoms with van der Waals surface area (Å²) in [5.41, 5.74) is 6.37. The molecule has 0 bridgehead atoms. The van der Waals surface area contributed by atoms with Gasteiger partial charge in [0.05, 0.1) is 17.1 Å². The molecule has 0 aliphatic heterocycles. The van der Waals surface area contributed by atoms with Crippen LogP contribution in [0.1, 0.15) is 5.56 Å². The third kappa shape index (κ3) is 3.24. The van der Waals surface area contributed by atoms with E-state index >= 15 is 0 Å². The molecule has 2 rings (SSSR count). The molecule has 2 N–H and O–H groups in total. The molecule has 0 saturated heterocycles. The van der Waals surface area contributed by atoms with Gasteiger partial charge in [0.1, 0.15) is 22.2 Å². The third-order valence-electron chi connectivity index (χ3n) is 2.51. The average Bonchev–Trinajstić information content (AvgIpc) is 2.41. The van der Waals surface area contributed by atoms with Crippen molar-refractivity contribution in [1.82, 2.24) is 0 Å². The van der Waals surface area contributed by atoms with E-state index in [-0.39, 0.29) is 4.99 Å². The number of rotatable bonds is 4. The van der Waals surface area contributed by atoms with Crippen LogP contribution in [0.5, 0.6) is 17.2 Å². The van der Waals surface area contributed by atoms with Crippen LogP contribution in [0.3, 0.4) is 0 Å². The summed E-state index contributed by atoms with van der Waals surface area (Å²) in [5, 5.41) is 0. The number of benzene rings is 2. The van der Waals surface area contributed by atoms with Crippen molar-refractivity contribution in [3.05, 3.63) is 52.5 Å². The second kappa shape index (κ2) is 6.04. The van der Waals surface area contributed by atoms with Gasteiger partial charge >= 0.3 is 0 Å². The number of nitrogens with two attached hydrogens (primary N) is 1. The Labute approximate surface area is 125 Å². The van der Waals surface area contributed by atoms with Crippen LogP contribution in [-0.2, 0) is 0 Å². The van der Waals surface area contributed by atoms with Crippen LogP contribution in [-0.4, -0.2) is 12.1 Å². The fraction of sp³-hybridized carbons (Fsp3) is 0.0714. The largest absolute Gasteiger partial charge is 0.497 e. The molecule has 5 heteroatoms. The van der Waals surface area contributed by atoms with Gasteiger partial charge < -0.3 is 15.2 Å². The molecule has 0 aliphatic rings. The Hall–Kier alpha value is -1.59. The molecule has 0 heterocycles. The average molecular weight is 338 g/mol. The van der Waals surface area contributed by atoms with Gasteiger partial charge in [-0.3, -0.25) is 0 Å². The predicted molar refractivity (Wildman–Crippen MR) is 83.1 cm³/mol. The summed E-state index contributed by atoms with van der Waals surface area (Å²) >= 11 is 8.45. The van der Waals surface area contributed by atoms with Gasteiger partial charge in [-0.2, -0.15) is 0 Å². The number of hydrogen-bond acceptors (Lipinski definition) is 3. The summed E-state index contributed by atoms with van der Waals surface area (Å²) in [6.45, 7) is 0. The summed E-state index contributed by atoms with van der Waals surface area (Å²) in [5.74, 6) is 1.94. The lowest BCUT2D eigenvalue weighted by molar-refractivity contribution is 0.408. The molecule has 98 valence electrons. The zero-order valence-corrected chi connectivity index (χ0v) is 12.6. The van der Waals surface area contributed by atoms with Gasteiger partial charge in [0.25, 0.3) is 0 Å². The second-order valence-corrected chi connectivity index (χ2v) is 5.05. The molecule has 0 saturated carbocycles. The highest BCUT2D eigenvalue weighted by Gasteiger charge is 2.10. The van der Waals surface area contributed by atoms with Gasteiger partial charge in [-0.05, 0) is 40.2 Å². The highest BCUT2D eigenvalue weighted by Crippen LogP contribution is 2.33. The molecule has 0 spiro atoms. The van der Waals surface area contributed by atoms with Crippen LogP contribution in [0.15, 0.2) is 46.9 Å². The van der Waals surface area contributed by atoms with Crippen molar-refractivity contribution in [3.8, 4) is 17.2 Å². The van der Waals surface area contributed by atoms with E-state index in [1.165, 1.54) is 0 Å². The predicted octanol–water partition coefficient (Wildman–Crippen LogP) is 3.88. The molecular weight excluding hydrogens is 326 g/mol. The Morgan fingerprint density at radius 2 is 1.89 bits per heavy atom. The Morgan fingerprint density at radius 3 is 2.53 bits per heavy atom. The van der Waals surface area contributed by atoms with E-state index in [2.05, 4.69) is 15.9 Å². The number of methoxy groups -OCH3 is 1. The number of thiocarbonyl (C=S) groups is 1. The monoisotopic (exact) mass is 337 g/mol. The number of halogens is 1. The number of ether oxygens (including phenoxy) is 2. The maximum absolute atomic E-state index is 5.85. The first-order valence-corrected chi connectivity index (χ1v) is 6.72. The summed E-state index contributed by atoms with van der Waals surface area (Å²) in [4.78, 5) is 0.282. The highest BCUT2D eigenvalue weighted by atomic mass is 79.9. The Morgan fingerprint density at radius 1 is 1.16 bits per heavy atom. The topological polar surface area (TPSA) is 44.5 Å². The standard InChI is InChI=1S/C14H12BrNO2S/c1-17-9-6-7-10(14(16)19)13(8-9)18-12-5-3-2-4-11(12)15/h2-8H,1H3,(H2,16,19). The lowest BCUT2D eigenvalue weighted by Gasteiger charge is -2.12. The van der Waals surface area contributed by atoms with Crippen LogP contribution in [0.25, 0.3) is 0 Å². The zero-order valence-electron chi connectivity index (χ0n) is 10.2. The van der Waals surface area contributed by atoms with E-state index in [0.717, 1.165) is 4.47 Å². The van der Waals surface area contributed by atoms with E-state index in [9.17, 15) is 0 Å². The van der Waals surface area contributed by atoms with Gasteiger partial charge in [0.2, 0.25) is 0 Å². The first-order chi connectivity index (χ1) is 9.11. The minimum Gasteiger partial charge on any atom is -0.497 e. The summed E-state index contributed by atoms with van der Waals surface area (Å²) in [6, 6.07) is 12.9. The molecule has 0 unspecified atom stereocenters. The minimum absolute atomic E-state index is 0.282. The maximum atomic E-state index is 5.85. The SMILES string of the molecule is COc1ccc(C(N)=S)c(Oc2ccccc2Br)c1. The van der Waals surface area contributed by atoms with Crippen molar-refractivity contribution in [2.45, 2.75) is 0 Å². The van der Waals surface area contributed by atoms with E-state index in [0.29, 0.717) is 22.8 Å². The van der Waals surface area contributed by atoms with Crippen LogP contribution < -0.4 is 15.2 Å². The van der Waals surface area contributed by atoms with E-state index in [4.69, 9.17) is 27.4 Å².